The molecule has 0 bridgehead atoms. The Morgan fingerprint density at radius 2 is 1.87 bits per heavy atom. The molecular weight excluding hydrogens is 406 g/mol. The second-order valence-corrected chi connectivity index (χ2v) is 9.68. The molecule has 3 heterocycles. The zero-order chi connectivity index (χ0) is 21.3. The van der Waals surface area contributed by atoms with E-state index in [2.05, 4.69) is 10.3 Å². The smallest absolute Gasteiger partial charge is 0.410 e. The number of amides is 2. The van der Waals surface area contributed by atoms with Gasteiger partial charge < -0.3 is 24.4 Å². The van der Waals surface area contributed by atoms with Crippen molar-refractivity contribution in [1.82, 2.24) is 9.88 Å². The monoisotopic (exact) mass is 433 g/mol. The van der Waals surface area contributed by atoms with Crippen LogP contribution in [0.2, 0.25) is 0 Å². The van der Waals surface area contributed by atoms with E-state index in [-0.39, 0.29) is 17.9 Å². The highest BCUT2D eigenvalue weighted by Crippen LogP contribution is 2.38. The second kappa shape index (κ2) is 8.29. The van der Waals surface area contributed by atoms with Gasteiger partial charge in [-0.3, -0.25) is 4.79 Å². The number of rotatable bonds is 3. The Morgan fingerprint density at radius 3 is 2.53 bits per heavy atom. The molecular formula is C21H27N3O5S. The predicted octanol–water partition coefficient (Wildman–Crippen LogP) is 4.04. The minimum absolute atomic E-state index is 0.0537. The molecule has 30 heavy (non-hydrogen) atoms. The molecule has 0 saturated carbocycles. The minimum Gasteiger partial charge on any atom is -0.486 e. The van der Waals surface area contributed by atoms with Crippen LogP contribution < -0.4 is 14.8 Å². The molecule has 1 saturated heterocycles. The number of carbonyl (C=O) groups excluding carboxylic acids is 2. The summed E-state index contributed by atoms with van der Waals surface area (Å²) >= 11 is 1.42. The van der Waals surface area contributed by atoms with Crippen molar-refractivity contribution in [2.45, 2.75) is 45.6 Å². The first-order chi connectivity index (χ1) is 14.3. The van der Waals surface area contributed by atoms with E-state index in [4.69, 9.17) is 14.2 Å². The SMILES string of the molecule is CC(C)(C)OC(=O)N1CCC(CC(=O)Nc2nc3cc4c(cc3s2)OCCO4)CC1. The molecule has 0 unspecified atom stereocenters. The van der Waals surface area contributed by atoms with E-state index in [1.165, 1.54) is 11.3 Å². The summed E-state index contributed by atoms with van der Waals surface area (Å²) in [5.74, 6) is 1.59. The summed E-state index contributed by atoms with van der Waals surface area (Å²) in [6.45, 7) is 7.86. The van der Waals surface area contributed by atoms with Gasteiger partial charge in [-0.25, -0.2) is 9.78 Å². The molecule has 0 atom stereocenters. The average Bonchev–Trinajstić information content (AvgIpc) is 3.05. The van der Waals surface area contributed by atoms with Crippen molar-refractivity contribution in [3.8, 4) is 11.5 Å². The molecule has 2 aliphatic rings. The Morgan fingerprint density at radius 1 is 1.20 bits per heavy atom. The zero-order valence-electron chi connectivity index (χ0n) is 17.5. The van der Waals surface area contributed by atoms with Gasteiger partial charge in [0.15, 0.2) is 16.6 Å². The number of aromatic nitrogens is 1. The lowest BCUT2D eigenvalue weighted by Gasteiger charge is -2.33. The normalized spacial score (nSPS) is 17.1. The van der Waals surface area contributed by atoms with E-state index in [1.807, 2.05) is 32.9 Å². The number of likely N-dealkylation sites (tertiary alicyclic amines) is 1. The number of hydrogen-bond donors (Lipinski definition) is 1. The lowest BCUT2D eigenvalue weighted by atomic mass is 9.93. The number of piperidine rings is 1. The molecule has 2 aliphatic heterocycles. The third-order valence-corrected chi connectivity index (χ3v) is 5.97. The Bertz CT molecular complexity index is 901. The van der Waals surface area contributed by atoms with Crippen molar-refractivity contribution in [1.29, 1.82) is 0 Å². The number of hydrogen-bond acceptors (Lipinski definition) is 7. The summed E-state index contributed by atoms with van der Waals surface area (Å²) in [6.07, 6.45) is 1.71. The summed E-state index contributed by atoms with van der Waals surface area (Å²) in [6, 6.07) is 3.76. The van der Waals surface area contributed by atoms with Crippen LogP contribution >= 0.6 is 11.3 Å². The van der Waals surface area contributed by atoms with Gasteiger partial charge in [-0.15, -0.1) is 0 Å². The Kier molecular flexibility index (Phi) is 5.73. The molecule has 9 heteroatoms. The van der Waals surface area contributed by atoms with Crippen molar-refractivity contribution < 1.29 is 23.8 Å². The summed E-state index contributed by atoms with van der Waals surface area (Å²) in [5, 5.41) is 3.49. The van der Waals surface area contributed by atoms with Crippen molar-refractivity contribution in [3.05, 3.63) is 12.1 Å². The Balaban J connectivity index is 1.29. The number of nitrogens with zero attached hydrogens (tertiary/aromatic N) is 2. The summed E-state index contributed by atoms with van der Waals surface area (Å²) < 4.78 is 17.6. The number of carbonyl (C=O) groups is 2. The third-order valence-electron chi connectivity index (χ3n) is 5.04. The largest absolute Gasteiger partial charge is 0.486 e. The van der Waals surface area contributed by atoms with Crippen LogP contribution in [0, 0.1) is 5.92 Å². The third kappa shape index (κ3) is 4.95. The lowest BCUT2D eigenvalue weighted by Crippen LogP contribution is -2.42. The van der Waals surface area contributed by atoms with Gasteiger partial charge in [0.1, 0.15) is 18.8 Å². The maximum Gasteiger partial charge on any atom is 0.410 e. The summed E-state index contributed by atoms with van der Waals surface area (Å²) in [7, 11) is 0. The van der Waals surface area contributed by atoms with Crippen LogP contribution in [0.3, 0.4) is 0 Å². The van der Waals surface area contributed by atoms with Crippen LogP contribution in [0.1, 0.15) is 40.0 Å². The van der Waals surface area contributed by atoms with Gasteiger partial charge in [-0.1, -0.05) is 11.3 Å². The van der Waals surface area contributed by atoms with E-state index in [1.54, 1.807) is 4.90 Å². The van der Waals surface area contributed by atoms with Crippen molar-refractivity contribution in [3.63, 3.8) is 0 Å². The molecule has 8 nitrogen and oxygen atoms in total. The van der Waals surface area contributed by atoms with Crippen molar-refractivity contribution in [2.24, 2.45) is 5.92 Å². The van der Waals surface area contributed by atoms with E-state index < -0.39 is 5.60 Å². The molecule has 0 aliphatic carbocycles. The molecule has 1 fully saturated rings. The van der Waals surface area contributed by atoms with Crippen molar-refractivity contribution in [2.75, 3.05) is 31.6 Å². The first-order valence-electron chi connectivity index (χ1n) is 10.2. The van der Waals surface area contributed by atoms with Crippen LogP contribution in [0.15, 0.2) is 12.1 Å². The fraction of sp³-hybridized carbons (Fsp3) is 0.571. The van der Waals surface area contributed by atoms with Gasteiger partial charge in [-0.05, 0) is 39.5 Å². The zero-order valence-corrected chi connectivity index (χ0v) is 18.3. The predicted molar refractivity (Wildman–Crippen MR) is 114 cm³/mol. The van der Waals surface area contributed by atoms with Gasteiger partial charge >= 0.3 is 6.09 Å². The molecule has 162 valence electrons. The van der Waals surface area contributed by atoms with Gasteiger partial charge in [0.25, 0.3) is 0 Å². The molecule has 1 N–H and O–H groups in total. The van der Waals surface area contributed by atoms with E-state index >= 15 is 0 Å². The highest BCUT2D eigenvalue weighted by molar-refractivity contribution is 7.22. The number of ether oxygens (including phenoxy) is 3. The van der Waals surface area contributed by atoms with Crippen LogP contribution in [0.25, 0.3) is 10.2 Å². The summed E-state index contributed by atoms with van der Waals surface area (Å²) in [5.41, 5.74) is 0.285. The highest BCUT2D eigenvalue weighted by Gasteiger charge is 2.28. The van der Waals surface area contributed by atoms with Gasteiger partial charge in [0.2, 0.25) is 5.91 Å². The quantitative estimate of drug-likeness (QED) is 0.786. The number of nitrogens with one attached hydrogen (secondary N) is 1. The maximum absolute atomic E-state index is 12.5. The minimum atomic E-state index is -0.497. The molecule has 0 radical (unpaired) electrons. The Hall–Kier alpha value is -2.55. The number of anilines is 1. The lowest BCUT2D eigenvalue weighted by molar-refractivity contribution is -0.117. The number of thiazole rings is 1. The van der Waals surface area contributed by atoms with Crippen LogP contribution in [0.5, 0.6) is 11.5 Å². The van der Waals surface area contributed by atoms with Gasteiger partial charge in [0.05, 0.1) is 10.2 Å². The fourth-order valence-electron chi connectivity index (χ4n) is 3.60. The molecule has 0 spiro atoms. The fourth-order valence-corrected chi connectivity index (χ4v) is 4.49. The molecule has 2 amide bonds. The first kappa shape index (κ1) is 20.7. The first-order valence-corrected chi connectivity index (χ1v) is 11.1. The highest BCUT2D eigenvalue weighted by atomic mass is 32.1. The van der Waals surface area contributed by atoms with E-state index in [0.717, 1.165) is 23.1 Å². The van der Waals surface area contributed by atoms with Gasteiger partial charge in [-0.2, -0.15) is 0 Å². The number of fused-ring (bicyclic) bond motifs is 2. The summed E-state index contributed by atoms with van der Waals surface area (Å²) in [4.78, 5) is 30.9. The standard InChI is InChI=1S/C21H27N3O5S/c1-21(2,3)29-20(26)24-6-4-13(5-7-24)10-18(25)23-19-22-14-11-15-16(12-17(14)30-19)28-9-8-27-15/h11-13H,4-10H2,1-3H3,(H,22,23,25). The molecule has 1 aromatic heterocycles. The number of benzene rings is 1. The topological polar surface area (TPSA) is 90.0 Å². The molecule has 1 aromatic carbocycles. The van der Waals surface area contributed by atoms with Gasteiger partial charge in [0, 0.05) is 31.6 Å². The van der Waals surface area contributed by atoms with Crippen molar-refractivity contribution >= 4 is 38.7 Å². The van der Waals surface area contributed by atoms with Crippen LogP contribution in [0.4, 0.5) is 9.93 Å². The van der Waals surface area contributed by atoms with Crippen LogP contribution in [-0.4, -0.2) is 53.8 Å². The van der Waals surface area contributed by atoms with E-state index in [9.17, 15) is 9.59 Å². The Labute approximate surface area is 179 Å². The second-order valence-electron chi connectivity index (χ2n) is 8.65. The van der Waals surface area contributed by atoms with E-state index in [0.29, 0.717) is 49.4 Å². The van der Waals surface area contributed by atoms with Crippen LogP contribution in [-0.2, 0) is 9.53 Å². The molecule has 4 rings (SSSR count). The molecule has 2 aromatic rings. The maximum atomic E-state index is 12.5. The average molecular weight is 434 g/mol.